The zero-order chi connectivity index (χ0) is 45.1. The molecule has 65 heavy (non-hydrogen) atoms. The van der Waals surface area contributed by atoms with Gasteiger partial charge in [-0.1, -0.05) is 150 Å². The van der Waals surface area contributed by atoms with Crippen molar-refractivity contribution in [1.29, 1.82) is 0 Å². The Morgan fingerprint density at radius 2 is 0.969 bits per heavy atom. The Bertz CT molecular complexity index is 3340. The van der Waals surface area contributed by atoms with E-state index in [1.54, 1.807) is 0 Å². The van der Waals surface area contributed by atoms with Crippen molar-refractivity contribution in [2.75, 3.05) is 6.61 Å². The number of carbonyl (C=O) groups is 1. The Labute approximate surface area is 394 Å². The van der Waals surface area contributed by atoms with Crippen LogP contribution in [0, 0.1) is 12.1 Å². The third-order valence-electron chi connectivity index (χ3n) is 11.2. The number of allylic oxidation sites excluding steroid dienone is 1. The number of aliphatic hydroxyl groups excluding tert-OH is 1. The summed E-state index contributed by atoms with van der Waals surface area (Å²) in [7, 11) is 0. The van der Waals surface area contributed by atoms with Crippen molar-refractivity contribution in [3.05, 3.63) is 224 Å². The summed E-state index contributed by atoms with van der Waals surface area (Å²) in [5, 5.41) is 11.8. The zero-order valence-corrected chi connectivity index (χ0v) is 37.6. The van der Waals surface area contributed by atoms with E-state index in [1.807, 2.05) is 158 Å². The molecule has 2 heterocycles. The Balaban J connectivity index is 0.00000562. The van der Waals surface area contributed by atoms with E-state index < -0.39 is 0 Å². The van der Waals surface area contributed by atoms with Crippen LogP contribution in [0.15, 0.2) is 212 Å². The number of fused-ring (bicyclic) bond motifs is 2. The van der Waals surface area contributed by atoms with Gasteiger partial charge in [-0.15, -0.1) is 59.6 Å². The maximum Gasteiger partial charge on any atom is 0.196 e. The molecule has 0 aliphatic carbocycles. The van der Waals surface area contributed by atoms with Crippen molar-refractivity contribution in [2.24, 2.45) is 0 Å². The quantitative estimate of drug-likeness (QED) is 0.0794. The minimum Gasteiger partial charge on any atom is -0.512 e. The van der Waals surface area contributed by atoms with E-state index in [9.17, 15) is 12.6 Å². The van der Waals surface area contributed by atoms with Gasteiger partial charge in [0, 0.05) is 34.5 Å². The number of aromatic nitrogens is 2. The van der Waals surface area contributed by atoms with E-state index in [-0.39, 0.29) is 38.3 Å². The number of aliphatic hydroxyl groups is 1. The molecular weight excluding hydrogens is 977 g/mol. The second kappa shape index (κ2) is 18.9. The summed E-state index contributed by atoms with van der Waals surface area (Å²) >= 11 is 0. The first-order valence-electron chi connectivity index (χ1n) is 22.0. The van der Waals surface area contributed by atoms with Crippen molar-refractivity contribution in [3.8, 4) is 83.9 Å². The Morgan fingerprint density at radius 3 is 1.45 bits per heavy atom. The number of hydrogen-bond acceptors (Lipinski definition) is 5. The van der Waals surface area contributed by atoms with Gasteiger partial charge >= 0.3 is 0 Å². The molecule has 2 aromatic heterocycles. The van der Waals surface area contributed by atoms with Crippen LogP contribution in [0.25, 0.3) is 100.0 Å². The first-order valence-corrected chi connectivity index (χ1v) is 21.0. The van der Waals surface area contributed by atoms with Gasteiger partial charge in [-0.25, -0.2) is 0 Å². The van der Waals surface area contributed by atoms with Crippen molar-refractivity contribution in [2.45, 2.75) is 6.92 Å². The van der Waals surface area contributed by atoms with Gasteiger partial charge in [0.2, 0.25) is 0 Å². The van der Waals surface area contributed by atoms with E-state index in [0.717, 1.165) is 94.9 Å². The summed E-state index contributed by atoms with van der Waals surface area (Å²) in [6, 6.07) is 68.9. The van der Waals surface area contributed by atoms with Gasteiger partial charge in [-0.05, 0) is 93.3 Å². The van der Waals surface area contributed by atoms with Gasteiger partial charge in [0.1, 0.15) is 5.75 Å². The van der Waals surface area contributed by atoms with Crippen LogP contribution in [0.5, 0.6) is 5.75 Å². The van der Waals surface area contributed by atoms with Gasteiger partial charge < -0.3 is 9.84 Å². The fraction of sp³-hybridized carbons (Fsp3) is 0.0339. The van der Waals surface area contributed by atoms with Crippen LogP contribution >= 0.6 is 0 Å². The van der Waals surface area contributed by atoms with Crippen LogP contribution in [-0.4, -0.2) is 27.5 Å². The summed E-state index contributed by atoms with van der Waals surface area (Å²) in [6.07, 6.45) is 1.15. The largest absolute Gasteiger partial charge is 0.512 e. The fourth-order valence-corrected chi connectivity index (χ4v) is 8.09. The molecule has 0 spiro atoms. The van der Waals surface area contributed by atoms with Gasteiger partial charge in [-0.3, -0.25) is 14.8 Å². The molecule has 0 aliphatic heterocycles. The predicted molar refractivity (Wildman–Crippen MR) is 260 cm³/mol. The van der Waals surface area contributed by atoms with E-state index in [2.05, 4.69) is 42.5 Å². The van der Waals surface area contributed by atoms with Crippen molar-refractivity contribution < 1.29 is 37.5 Å². The number of pyridine rings is 2. The molecule has 1 radical (unpaired) electrons. The smallest absolute Gasteiger partial charge is 0.196 e. The predicted octanol–water partition coefficient (Wildman–Crippen LogP) is 14.5. The SMILES string of the molecule is [2H]c1cc(-c2ccc3ccccc3n2)[c-]cc1-c1ccccc1-c1cc(-c2ccccc2OCC(=O)/C=C(/C)O)cc(-c2ccccc2-c2c[c-]c(-c3ccc4ccccc4n3)cc2[2H])c1.[Ir]. The normalized spacial score (nSPS) is 11.7. The molecule has 5 nitrogen and oxygen atoms in total. The first kappa shape index (κ1) is 40.0. The molecule has 6 heteroatoms. The molecule has 8 aromatic carbocycles. The van der Waals surface area contributed by atoms with Gasteiger partial charge in [0.25, 0.3) is 0 Å². The average molecular weight is 1020 g/mol. The van der Waals surface area contributed by atoms with Gasteiger partial charge in [0.15, 0.2) is 12.4 Å². The van der Waals surface area contributed by atoms with Crippen LogP contribution < -0.4 is 4.74 Å². The van der Waals surface area contributed by atoms with Crippen molar-refractivity contribution >= 4 is 27.6 Å². The summed E-state index contributed by atoms with van der Waals surface area (Å²) in [4.78, 5) is 22.4. The molecule has 0 fully saturated rings. The third kappa shape index (κ3) is 9.18. The number of para-hydroxylation sites is 3. The van der Waals surface area contributed by atoms with Crippen molar-refractivity contribution in [1.82, 2.24) is 9.97 Å². The number of nitrogens with zero attached hydrogens (tertiary/aromatic N) is 2. The Hall–Kier alpha value is -7.76. The minimum absolute atomic E-state index is 0. The Kier molecular flexibility index (Phi) is 11.7. The van der Waals surface area contributed by atoms with Crippen LogP contribution in [-0.2, 0) is 24.9 Å². The molecule has 0 saturated heterocycles. The number of ketones is 1. The summed E-state index contributed by atoms with van der Waals surface area (Å²) in [5.41, 5.74) is 13.0. The molecule has 10 rings (SSSR count). The summed E-state index contributed by atoms with van der Waals surface area (Å²) in [5.74, 6) is 0.0488. The average Bonchev–Trinajstić information content (AvgIpc) is 3.35. The molecule has 1 N–H and O–H groups in total. The Morgan fingerprint density at radius 1 is 0.554 bits per heavy atom. The van der Waals surface area contributed by atoms with Crippen LogP contribution in [0.2, 0.25) is 0 Å². The van der Waals surface area contributed by atoms with Crippen LogP contribution in [0.1, 0.15) is 9.67 Å². The molecular formula is C59H40IrN2O3-2. The molecule has 315 valence electrons. The van der Waals surface area contributed by atoms with E-state index in [4.69, 9.17) is 14.7 Å². The maximum absolute atomic E-state index is 12.7. The minimum atomic E-state index is -0.363. The second-order valence-electron chi connectivity index (χ2n) is 15.5. The standard InChI is InChI=1S/C59H40N2O3.Ir/c1-39(62)34-49(63)38-64-59-21-11-8-18-54(59)48-36-46(52-16-6-4-14-50(52)40-22-26-44(27-23-40)57-32-30-42-12-2-9-19-55(42)60-57)35-47(37-48)53-17-7-5-15-51(53)41-24-28-45(29-25-41)58-33-31-43-13-3-10-20-56(43)61-58;/h2-26,28,30-37,62H,38H2,1H3;/q-2;/b39-34-;/i22D,24D;. The molecule has 0 atom stereocenters. The van der Waals surface area contributed by atoms with Crippen molar-refractivity contribution in [3.63, 3.8) is 0 Å². The number of ether oxygens (including phenoxy) is 1. The summed E-state index contributed by atoms with van der Waals surface area (Å²) in [6.45, 7) is 1.19. The van der Waals surface area contributed by atoms with E-state index >= 15 is 0 Å². The fourth-order valence-electron chi connectivity index (χ4n) is 8.09. The number of hydrogen-bond donors (Lipinski definition) is 1. The third-order valence-corrected chi connectivity index (χ3v) is 11.2. The second-order valence-corrected chi connectivity index (χ2v) is 15.5. The van der Waals surface area contributed by atoms with Gasteiger partial charge in [-0.2, -0.15) is 0 Å². The molecule has 0 bridgehead atoms. The molecule has 0 saturated carbocycles. The number of rotatable bonds is 11. The maximum atomic E-state index is 12.7. The topological polar surface area (TPSA) is 72.3 Å². The van der Waals surface area contributed by atoms with E-state index in [0.29, 0.717) is 29.0 Å². The summed E-state index contributed by atoms with van der Waals surface area (Å²) < 4.78 is 24.8. The van der Waals surface area contributed by atoms with Gasteiger partial charge in [0.05, 0.1) is 16.8 Å². The zero-order valence-electron chi connectivity index (χ0n) is 37.2. The monoisotopic (exact) mass is 1020 g/mol. The first-order chi connectivity index (χ1) is 32.3. The molecule has 0 amide bonds. The molecule has 0 unspecified atom stereocenters. The number of carbonyl (C=O) groups excluding carboxylic acids is 1. The van der Waals surface area contributed by atoms with Crippen LogP contribution in [0.4, 0.5) is 0 Å². The van der Waals surface area contributed by atoms with Crippen LogP contribution in [0.3, 0.4) is 0 Å². The number of benzene rings is 8. The molecule has 0 aliphatic rings. The van der Waals surface area contributed by atoms with E-state index in [1.165, 1.54) is 6.92 Å². The molecule has 10 aromatic rings.